The molecule has 0 bridgehead atoms. The summed E-state index contributed by atoms with van der Waals surface area (Å²) in [6, 6.07) is 11.2. The molecule has 0 aliphatic rings. The number of hydrogen-bond donors (Lipinski definition) is 0. The van der Waals surface area contributed by atoms with Crippen LogP contribution in [0.25, 0.3) is 0 Å². The fraction of sp³-hybridized carbons (Fsp3) is 0.588. The van der Waals surface area contributed by atoms with Crippen LogP contribution in [0.3, 0.4) is 0 Å². The summed E-state index contributed by atoms with van der Waals surface area (Å²) in [7, 11) is 9.58. The highest BCUT2D eigenvalue weighted by Crippen LogP contribution is 2.26. The van der Waals surface area contributed by atoms with Crippen LogP contribution in [0.5, 0.6) is 11.5 Å². The van der Waals surface area contributed by atoms with Crippen LogP contribution in [-0.4, -0.2) is 122 Å². The van der Waals surface area contributed by atoms with Crippen molar-refractivity contribution >= 4 is 0 Å². The lowest BCUT2D eigenvalue weighted by molar-refractivity contribution is -0.106. The fourth-order valence-electron chi connectivity index (χ4n) is 4.07. The minimum atomic E-state index is -0.587. The number of rotatable bonds is 26. The van der Waals surface area contributed by atoms with E-state index in [-0.39, 0.29) is 0 Å². The van der Waals surface area contributed by atoms with Crippen molar-refractivity contribution in [1.82, 2.24) is 0 Å². The second-order valence-corrected chi connectivity index (χ2v) is 9.57. The highest BCUT2D eigenvalue weighted by atomic mass is 16.7. The third kappa shape index (κ3) is 16.2. The maximum Gasteiger partial charge on any atom is 0.183 e. The molecule has 2 aromatic rings. The first kappa shape index (κ1) is 39.4. The van der Waals surface area contributed by atoms with E-state index in [1.807, 2.05) is 36.4 Å². The van der Waals surface area contributed by atoms with Crippen molar-refractivity contribution in [2.24, 2.45) is 0 Å². The van der Waals surface area contributed by atoms with Gasteiger partial charge in [-0.3, -0.25) is 0 Å². The third-order valence-electron chi connectivity index (χ3n) is 6.21. The van der Waals surface area contributed by atoms with E-state index in [0.29, 0.717) is 102 Å². The lowest BCUT2D eigenvalue weighted by atomic mass is 10.1. The van der Waals surface area contributed by atoms with Gasteiger partial charge in [0.25, 0.3) is 0 Å². The third-order valence-corrected chi connectivity index (χ3v) is 6.21. The van der Waals surface area contributed by atoms with Crippen LogP contribution in [0.2, 0.25) is 0 Å². The van der Waals surface area contributed by atoms with Gasteiger partial charge in [0.05, 0.1) is 66.1 Å². The van der Waals surface area contributed by atoms with E-state index in [0.717, 1.165) is 11.1 Å². The van der Waals surface area contributed by atoms with Gasteiger partial charge in [-0.1, -0.05) is 11.8 Å². The van der Waals surface area contributed by atoms with Crippen molar-refractivity contribution < 1.29 is 56.8 Å². The van der Waals surface area contributed by atoms with Crippen molar-refractivity contribution in [3.8, 4) is 23.3 Å². The van der Waals surface area contributed by atoms with E-state index < -0.39 is 12.6 Å². The molecule has 46 heavy (non-hydrogen) atoms. The first-order chi connectivity index (χ1) is 22.6. The zero-order valence-corrected chi connectivity index (χ0v) is 28.0. The predicted molar refractivity (Wildman–Crippen MR) is 170 cm³/mol. The summed E-state index contributed by atoms with van der Waals surface area (Å²) in [6.45, 7) is 5.59. The van der Waals surface area contributed by atoms with Crippen LogP contribution < -0.4 is 9.47 Å². The molecule has 0 amide bonds. The molecule has 2 rings (SSSR count). The second-order valence-electron chi connectivity index (χ2n) is 9.57. The lowest BCUT2D eigenvalue weighted by Crippen LogP contribution is -2.12. The van der Waals surface area contributed by atoms with Crippen LogP contribution in [0.15, 0.2) is 36.4 Å². The smallest absolute Gasteiger partial charge is 0.183 e. The van der Waals surface area contributed by atoms with Gasteiger partial charge < -0.3 is 56.8 Å². The molecular formula is C34H50O12. The molecule has 0 saturated heterocycles. The van der Waals surface area contributed by atoms with Crippen LogP contribution >= 0.6 is 0 Å². The molecule has 0 aliphatic carbocycles. The second kappa shape index (κ2) is 25.3. The summed E-state index contributed by atoms with van der Waals surface area (Å²) in [5, 5.41) is 0. The number of benzene rings is 2. The molecule has 12 nitrogen and oxygen atoms in total. The Morgan fingerprint density at radius 3 is 1.07 bits per heavy atom. The molecule has 0 N–H and O–H groups in total. The highest BCUT2D eigenvalue weighted by molar-refractivity contribution is 5.50. The van der Waals surface area contributed by atoms with E-state index in [1.54, 1.807) is 42.7 Å². The van der Waals surface area contributed by atoms with Crippen LogP contribution in [0, 0.1) is 11.8 Å². The number of hydrogen-bond acceptors (Lipinski definition) is 12. The van der Waals surface area contributed by atoms with Crippen molar-refractivity contribution in [3.63, 3.8) is 0 Å². The first-order valence-electron chi connectivity index (χ1n) is 15.1. The van der Waals surface area contributed by atoms with Gasteiger partial charge in [0, 0.05) is 64.9 Å². The van der Waals surface area contributed by atoms with Gasteiger partial charge in [-0.25, -0.2) is 0 Å². The number of ether oxygens (including phenoxy) is 12. The van der Waals surface area contributed by atoms with Gasteiger partial charge in [0.15, 0.2) is 12.6 Å². The highest BCUT2D eigenvalue weighted by Gasteiger charge is 2.14. The molecule has 0 radical (unpaired) electrons. The number of methoxy groups -OCH3 is 6. The Labute approximate surface area is 273 Å². The van der Waals surface area contributed by atoms with E-state index in [2.05, 4.69) is 11.8 Å². The largest absolute Gasteiger partial charge is 0.491 e. The summed E-state index contributed by atoms with van der Waals surface area (Å²) in [4.78, 5) is 0. The topological polar surface area (TPSA) is 111 Å². The monoisotopic (exact) mass is 650 g/mol. The standard InChI is InChI=1S/C34H50O12/c1-35-9-11-41-13-15-43-17-19-45-31-23-27(21-29(25-31)33(37-3)38-4)7-8-28-22-30(34(39-5)40-6)26-32(24-28)46-20-18-44-16-14-42-12-10-36-2/h21-26,33-34H,9-20H2,1-6H3. The molecule has 0 fully saturated rings. The Morgan fingerprint density at radius 2 is 0.739 bits per heavy atom. The van der Waals surface area contributed by atoms with Crippen molar-refractivity contribution in [2.75, 3.05) is 122 Å². The molecule has 0 heterocycles. The summed E-state index contributed by atoms with van der Waals surface area (Å²) in [6.07, 6.45) is -1.17. The molecule has 0 unspecified atom stereocenters. The summed E-state index contributed by atoms with van der Waals surface area (Å²) < 4.78 is 65.8. The Kier molecular flexibility index (Phi) is 21.7. The zero-order chi connectivity index (χ0) is 33.2. The van der Waals surface area contributed by atoms with Crippen LogP contribution in [0.4, 0.5) is 0 Å². The van der Waals surface area contributed by atoms with Crippen molar-refractivity contribution in [3.05, 3.63) is 58.7 Å². The molecule has 0 aromatic heterocycles. The molecule has 0 saturated carbocycles. The van der Waals surface area contributed by atoms with Crippen LogP contribution in [0.1, 0.15) is 34.8 Å². The molecule has 12 heteroatoms. The Morgan fingerprint density at radius 1 is 0.413 bits per heavy atom. The molecule has 0 atom stereocenters. The van der Waals surface area contributed by atoms with Gasteiger partial charge in [0.1, 0.15) is 24.7 Å². The average molecular weight is 651 g/mol. The lowest BCUT2D eigenvalue weighted by Gasteiger charge is -2.16. The van der Waals surface area contributed by atoms with Crippen molar-refractivity contribution in [1.29, 1.82) is 0 Å². The molecule has 258 valence electrons. The fourth-order valence-corrected chi connectivity index (χ4v) is 4.07. The van der Waals surface area contributed by atoms with Crippen molar-refractivity contribution in [2.45, 2.75) is 12.6 Å². The first-order valence-corrected chi connectivity index (χ1v) is 15.1. The normalized spacial score (nSPS) is 11.2. The van der Waals surface area contributed by atoms with E-state index in [4.69, 9.17) is 56.8 Å². The van der Waals surface area contributed by atoms with E-state index in [9.17, 15) is 0 Å². The Hall–Kier alpha value is -2.80. The minimum Gasteiger partial charge on any atom is -0.491 e. The quantitative estimate of drug-likeness (QED) is 0.0840. The maximum absolute atomic E-state index is 5.98. The van der Waals surface area contributed by atoms with Gasteiger partial charge >= 0.3 is 0 Å². The summed E-state index contributed by atoms with van der Waals surface area (Å²) in [5.74, 6) is 7.69. The minimum absolute atomic E-state index is 0.349. The molecule has 2 aromatic carbocycles. The van der Waals surface area contributed by atoms with Gasteiger partial charge in [-0.05, 0) is 36.4 Å². The molecular weight excluding hydrogens is 600 g/mol. The molecule has 0 spiro atoms. The average Bonchev–Trinajstić information content (AvgIpc) is 3.07. The van der Waals surface area contributed by atoms with E-state index >= 15 is 0 Å². The SMILES string of the molecule is COCCOCCOCCOc1cc(C#Cc2cc(OCCOCCOCCOC)cc(C(OC)OC)c2)cc(C(OC)OC)c1. The van der Waals surface area contributed by atoms with Gasteiger partial charge in [-0.2, -0.15) is 0 Å². The summed E-state index contributed by atoms with van der Waals surface area (Å²) >= 11 is 0. The summed E-state index contributed by atoms with van der Waals surface area (Å²) in [5.41, 5.74) is 2.95. The Bertz CT molecular complexity index is 1040. The Balaban J connectivity index is 2.12. The van der Waals surface area contributed by atoms with Crippen LogP contribution in [-0.2, 0) is 47.4 Å². The van der Waals surface area contributed by atoms with E-state index in [1.165, 1.54) is 0 Å². The molecule has 0 aliphatic heterocycles. The maximum atomic E-state index is 5.98. The zero-order valence-electron chi connectivity index (χ0n) is 28.0. The van der Waals surface area contributed by atoms with Gasteiger partial charge in [0.2, 0.25) is 0 Å². The van der Waals surface area contributed by atoms with Gasteiger partial charge in [-0.15, -0.1) is 0 Å². The predicted octanol–water partition coefficient (Wildman–Crippen LogP) is 3.79.